The number of likely N-dealkylation sites (N-methyl/N-ethyl adjacent to an activating group) is 1. The van der Waals surface area contributed by atoms with Crippen LogP contribution < -0.4 is 0 Å². The van der Waals surface area contributed by atoms with Gasteiger partial charge in [-0.15, -0.1) is 0 Å². The zero-order chi connectivity index (χ0) is 18.9. The van der Waals surface area contributed by atoms with Gasteiger partial charge < -0.3 is 9.47 Å². The summed E-state index contributed by atoms with van der Waals surface area (Å²) in [6, 6.07) is 17.2. The number of nitrogens with zero attached hydrogens (tertiary/aromatic N) is 4. The van der Waals surface area contributed by atoms with Crippen LogP contribution in [0.1, 0.15) is 17.0 Å². The first-order valence-electron chi connectivity index (χ1n) is 9.92. The second-order valence-corrected chi connectivity index (χ2v) is 7.61. The van der Waals surface area contributed by atoms with Crippen LogP contribution >= 0.6 is 0 Å². The molecule has 3 aromatic heterocycles. The molecule has 28 heavy (non-hydrogen) atoms. The molecule has 0 saturated heterocycles. The van der Waals surface area contributed by atoms with E-state index in [-0.39, 0.29) is 0 Å². The van der Waals surface area contributed by atoms with Gasteiger partial charge in [-0.1, -0.05) is 18.2 Å². The van der Waals surface area contributed by atoms with E-state index in [9.17, 15) is 0 Å². The fraction of sp³-hybridized carbons (Fsp3) is 0.250. The van der Waals surface area contributed by atoms with Crippen molar-refractivity contribution in [3.8, 4) is 11.1 Å². The summed E-state index contributed by atoms with van der Waals surface area (Å²) >= 11 is 0. The molecule has 4 aromatic rings. The van der Waals surface area contributed by atoms with Crippen molar-refractivity contribution in [3.05, 3.63) is 84.1 Å². The van der Waals surface area contributed by atoms with E-state index in [4.69, 9.17) is 0 Å². The lowest BCUT2D eigenvalue weighted by Gasteiger charge is -2.24. The molecule has 0 N–H and O–H groups in total. The molecule has 4 nitrogen and oxygen atoms in total. The van der Waals surface area contributed by atoms with Crippen molar-refractivity contribution in [3.63, 3.8) is 0 Å². The molecule has 0 spiro atoms. The molecule has 4 heteroatoms. The summed E-state index contributed by atoms with van der Waals surface area (Å²) in [6.45, 7) is 3.10. The summed E-state index contributed by atoms with van der Waals surface area (Å²) in [5.41, 5.74) is 7.87. The lowest BCUT2D eigenvalue weighted by molar-refractivity contribution is 0.309. The maximum absolute atomic E-state index is 4.51. The Kier molecular flexibility index (Phi) is 4.41. The van der Waals surface area contributed by atoms with Gasteiger partial charge in [0.15, 0.2) is 0 Å². The Bertz CT molecular complexity index is 1100. The van der Waals surface area contributed by atoms with Crippen molar-refractivity contribution in [2.24, 2.45) is 0 Å². The third-order valence-electron chi connectivity index (χ3n) is 5.76. The van der Waals surface area contributed by atoms with Crippen LogP contribution in [0.2, 0.25) is 0 Å². The molecule has 0 unspecified atom stereocenters. The van der Waals surface area contributed by atoms with E-state index >= 15 is 0 Å². The Labute approximate surface area is 165 Å². The highest BCUT2D eigenvalue weighted by molar-refractivity contribution is 5.90. The summed E-state index contributed by atoms with van der Waals surface area (Å²) in [5.74, 6) is 0. The van der Waals surface area contributed by atoms with Crippen LogP contribution in [0.25, 0.3) is 22.0 Å². The first-order chi connectivity index (χ1) is 13.8. The second kappa shape index (κ2) is 7.21. The van der Waals surface area contributed by atoms with E-state index in [1.54, 1.807) is 0 Å². The van der Waals surface area contributed by atoms with Gasteiger partial charge in [0.05, 0.1) is 0 Å². The normalized spacial score (nSPS) is 14.3. The van der Waals surface area contributed by atoms with Crippen molar-refractivity contribution in [1.82, 2.24) is 19.4 Å². The topological polar surface area (TPSA) is 34.0 Å². The minimum atomic E-state index is 0.956. The molecule has 0 amide bonds. The molecule has 1 aliphatic heterocycles. The molecule has 0 fully saturated rings. The Morgan fingerprint density at radius 2 is 1.96 bits per heavy atom. The number of benzene rings is 1. The minimum absolute atomic E-state index is 0.956. The smallest absolute Gasteiger partial charge is 0.0486 e. The van der Waals surface area contributed by atoms with Gasteiger partial charge in [-0.2, -0.15) is 0 Å². The highest BCUT2D eigenvalue weighted by Gasteiger charge is 2.22. The van der Waals surface area contributed by atoms with Crippen molar-refractivity contribution in [2.45, 2.75) is 25.9 Å². The van der Waals surface area contributed by atoms with E-state index in [1.165, 1.54) is 33.3 Å². The molecule has 140 valence electrons. The third-order valence-corrected chi connectivity index (χ3v) is 5.76. The molecule has 5 rings (SSSR count). The van der Waals surface area contributed by atoms with E-state index in [1.807, 2.05) is 30.7 Å². The van der Waals surface area contributed by atoms with Crippen molar-refractivity contribution >= 4 is 10.9 Å². The standard InChI is InChI=1S/C24H24N4/c1-27-13-10-24-22(17-27)21-15-18(19-5-4-11-25-16-19)7-8-23(21)28(24)14-9-20-6-2-3-12-26-20/h2-8,11-12,15-16H,9-10,13-14,17H2,1H3. The predicted molar refractivity (Wildman–Crippen MR) is 113 cm³/mol. The first kappa shape index (κ1) is 17.1. The van der Waals surface area contributed by atoms with Crippen molar-refractivity contribution in [2.75, 3.05) is 13.6 Å². The zero-order valence-electron chi connectivity index (χ0n) is 16.2. The number of aryl methyl sites for hydroxylation is 2. The van der Waals surface area contributed by atoms with Gasteiger partial charge in [0, 0.05) is 78.9 Å². The summed E-state index contributed by atoms with van der Waals surface area (Å²) in [5, 5.41) is 1.38. The molecule has 0 bridgehead atoms. The Hall–Kier alpha value is -2.98. The zero-order valence-corrected chi connectivity index (χ0v) is 16.2. The molecule has 0 atom stereocenters. The van der Waals surface area contributed by atoms with E-state index in [0.29, 0.717) is 0 Å². The van der Waals surface area contributed by atoms with Crippen LogP contribution in [0, 0.1) is 0 Å². The monoisotopic (exact) mass is 368 g/mol. The largest absolute Gasteiger partial charge is 0.344 e. The van der Waals surface area contributed by atoms with Crippen LogP contribution in [-0.4, -0.2) is 33.0 Å². The Morgan fingerprint density at radius 3 is 2.79 bits per heavy atom. The fourth-order valence-electron chi connectivity index (χ4n) is 4.33. The quantitative estimate of drug-likeness (QED) is 0.538. The molecule has 0 saturated carbocycles. The average molecular weight is 368 g/mol. The molecule has 4 heterocycles. The molecule has 0 aliphatic carbocycles. The Morgan fingerprint density at radius 1 is 1.00 bits per heavy atom. The maximum Gasteiger partial charge on any atom is 0.0486 e. The highest BCUT2D eigenvalue weighted by Crippen LogP contribution is 2.33. The maximum atomic E-state index is 4.51. The molecular formula is C24H24N4. The molecule has 1 aromatic carbocycles. The van der Waals surface area contributed by atoms with Gasteiger partial charge in [0.2, 0.25) is 0 Å². The number of fused-ring (bicyclic) bond motifs is 3. The highest BCUT2D eigenvalue weighted by atomic mass is 15.1. The number of hydrogen-bond acceptors (Lipinski definition) is 3. The van der Waals surface area contributed by atoms with Crippen LogP contribution in [0.5, 0.6) is 0 Å². The number of hydrogen-bond donors (Lipinski definition) is 0. The fourth-order valence-corrected chi connectivity index (χ4v) is 4.33. The molecular weight excluding hydrogens is 344 g/mol. The lowest BCUT2D eigenvalue weighted by atomic mass is 10.0. The number of aromatic nitrogens is 3. The number of pyridine rings is 2. The Balaban J connectivity index is 1.59. The van der Waals surface area contributed by atoms with Crippen LogP contribution in [0.4, 0.5) is 0 Å². The minimum Gasteiger partial charge on any atom is -0.344 e. The van der Waals surface area contributed by atoms with E-state index < -0.39 is 0 Å². The summed E-state index contributed by atoms with van der Waals surface area (Å²) in [4.78, 5) is 11.2. The number of rotatable bonds is 4. The van der Waals surface area contributed by atoms with Gasteiger partial charge in [0.1, 0.15) is 0 Å². The van der Waals surface area contributed by atoms with E-state index in [0.717, 1.165) is 38.2 Å². The van der Waals surface area contributed by atoms with Gasteiger partial charge in [-0.05, 0) is 48.5 Å². The first-order valence-corrected chi connectivity index (χ1v) is 9.92. The van der Waals surface area contributed by atoms with E-state index in [2.05, 4.69) is 62.9 Å². The summed E-state index contributed by atoms with van der Waals surface area (Å²) in [6.07, 6.45) is 7.71. The second-order valence-electron chi connectivity index (χ2n) is 7.61. The van der Waals surface area contributed by atoms with Crippen LogP contribution in [0.3, 0.4) is 0 Å². The average Bonchev–Trinajstić information content (AvgIpc) is 3.06. The van der Waals surface area contributed by atoms with Gasteiger partial charge in [0.25, 0.3) is 0 Å². The van der Waals surface area contributed by atoms with Crippen LogP contribution in [-0.2, 0) is 25.9 Å². The molecule has 1 aliphatic rings. The lowest BCUT2D eigenvalue weighted by Crippen LogP contribution is -2.27. The van der Waals surface area contributed by atoms with Gasteiger partial charge in [-0.3, -0.25) is 9.97 Å². The predicted octanol–water partition coefficient (Wildman–Crippen LogP) is 4.33. The van der Waals surface area contributed by atoms with Crippen LogP contribution in [0.15, 0.2) is 67.1 Å². The van der Waals surface area contributed by atoms with Gasteiger partial charge in [-0.25, -0.2) is 0 Å². The summed E-state index contributed by atoms with van der Waals surface area (Å²) < 4.78 is 2.53. The molecule has 0 radical (unpaired) electrons. The SMILES string of the molecule is CN1CCc2c(c3cc(-c4cccnc4)ccc3n2CCc2ccccn2)C1. The van der Waals surface area contributed by atoms with Crippen molar-refractivity contribution < 1.29 is 0 Å². The van der Waals surface area contributed by atoms with Gasteiger partial charge >= 0.3 is 0 Å². The van der Waals surface area contributed by atoms with Crippen molar-refractivity contribution in [1.29, 1.82) is 0 Å². The third kappa shape index (κ3) is 3.10. The summed E-state index contributed by atoms with van der Waals surface area (Å²) in [7, 11) is 2.21.